The normalized spacial score (nSPS) is 12.9. The molecule has 5 heteroatoms. The molecule has 0 saturated carbocycles. The molecule has 96 valence electrons. The summed E-state index contributed by atoms with van der Waals surface area (Å²) in [4.78, 5) is 10.8. The van der Waals surface area contributed by atoms with Crippen LogP contribution < -0.4 is 5.32 Å². The van der Waals surface area contributed by atoms with E-state index in [-0.39, 0.29) is 0 Å². The Balaban J connectivity index is 2.65. The summed E-state index contributed by atoms with van der Waals surface area (Å²) in [5.74, 6) is 0.682. The molecule has 0 bridgehead atoms. The van der Waals surface area contributed by atoms with Crippen molar-refractivity contribution in [3.8, 4) is 0 Å². The van der Waals surface area contributed by atoms with E-state index in [1.165, 1.54) is 0 Å². The van der Waals surface area contributed by atoms with Crippen LogP contribution in [0.25, 0.3) is 0 Å². The molecule has 1 rings (SSSR count). The zero-order valence-electron chi connectivity index (χ0n) is 11.2. The van der Waals surface area contributed by atoms with Crippen molar-refractivity contribution in [2.45, 2.75) is 33.2 Å². The predicted octanol–water partition coefficient (Wildman–Crippen LogP) is 2.50. The fraction of sp³-hybridized carbons (Fsp3) is 0.667. The molecule has 0 amide bonds. The second-order valence-corrected chi connectivity index (χ2v) is 5.03. The van der Waals surface area contributed by atoms with Crippen LogP contribution >= 0.6 is 11.6 Å². The van der Waals surface area contributed by atoms with Crippen LogP contribution in [-0.4, -0.2) is 41.5 Å². The Morgan fingerprint density at radius 1 is 1.24 bits per heavy atom. The molecule has 0 aliphatic heterocycles. The molecule has 1 heterocycles. The Morgan fingerprint density at radius 2 is 1.82 bits per heavy atom. The topological polar surface area (TPSA) is 41.1 Å². The summed E-state index contributed by atoms with van der Waals surface area (Å²) < 4.78 is 0. The van der Waals surface area contributed by atoms with E-state index in [2.05, 4.69) is 41.2 Å². The molecule has 0 aliphatic rings. The Hall–Kier alpha value is -0.870. The lowest BCUT2D eigenvalue weighted by molar-refractivity contribution is 0.390. The van der Waals surface area contributed by atoms with Gasteiger partial charge in [-0.2, -0.15) is 0 Å². The van der Waals surface area contributed by atoms with E-state index in [1.807, 2.05) is 13.8 Å². The van der Waals surface area contributed by atoms with Crippen LogP contribution in [0.15, 0.2) is 0 Å². The first-order chi connectivity index (χ1) is 7.90. The van der Waals surface area contributed by atoms with E-state index in [0.29, 0.717) is 17.0 Å². The summed E-state index contributed by atoms with van der Waals surface area (Å²) in [7, 11) is 4.13. The van der Waals surface area contributed by atoms with Gasteiger partial charge in [0.1, 0.15) is 0 Å². The number of hydrogen-bond donors (Lipinski definition) is 1. The fourth-order valence-electron chi connectivity index (χ4n) is 1.43. The van der Waals surface area contributed by atoms with Crippen molar-refractivity contribution in [3.63, 3.8) is 0 Å². The number of halogens is 1. The fourth-order valence-corrected chi connectivity index (χ4v) is 1.65. The average Bonchev–Trinajstić information content (AvgIpc) is 2.23. The van der Waals surface area contributed by atoms with Crippen LogP contribution in [-0.2, 0) is 0 Å². The molecular weight excluding hydrogens is 236 g/mol. The Kier molecular flexibility index (Phi) is 5.15. The SMILES string of the molecule is Cc1nc(Cl)c(NC(C)CCN(C)C)nc1C. The molecule has 0 spiro atoms. The van der Waals surface area contributed by atoms with Gasteiger partial charge in [0.2, 0.25) is 0 Å². The lowest BCUT2D eigenvalue weighted by Crippen LogP contribution is -2.23. The highest BCUT2D eigenvalue weighted by Gasteiger charge is 2.10. The minimum Gasteiger partial charge on any atom is -0.365 e. The van der Waals surface area contributed by atoms with Crippen LogP contribution in [0, 0.1) is 13.8 Å². The Morgan fingerprint density at radius 3 is 2.41 bits per heavy atom. The van der Waals surface area contributed by atoms with Crippen LogP contribution in [0.5, 0.6) is 0 Å². The molecule has 0 radical (unpaired) electrons. The van der Waals surface area contributed by atoms with E-state index < -0.39 is 0 Å². The molecule has 1 atom stereocenters. The van der Waals surface area contributed by atoms with E-state index in [4.69, 9.17) is 11.6 Å². The molecule has 1 unspecified atom stereocenters. The lowest BCUT2D eigenvalue weighted by Gasteiger charge is -2.18. The first-order valence-electron chi connectivity index (χ1n) is 5.82. The second-order valence-electron chi connectivity index (χ2n) is 4.67. The van der Waals surface area contributed by atoms with Gasteiger partial charge in [0.05, 0.1) is 11.4 Å². The van der Waals surface area contributed by atoms with Crippen LogP contribution in [0.2, 0.25) is 5.15 Å². The molecule has 1 N–H and O–H groups in total. The van der Waals surface area contributed by atoms with Crippen molar-refractivity contribution in [1.29, 1.82) is 0 Å². The molecule has 0 aromatic carbocycles. The number of nitrogens with zero attached hydrogens (tertiary/aromatic N) is 3. The zero-order valence-corrected chi connectivity index (χ0v) is 12.0. The van der Waals surface area contributed by atoms with E-state index in [9.17, 15) is 0 Å². The molecule has 1 aromatic heterocycles. The summed E-state index contributed by atoms with van der Waals surface area (Å²) in [5, 5.41) is 3.75. The lowest BCUT2D eigenvalue weighted by atomic mass is 10.2. The van der Waals surface area contributed by atoms with Crippen molar-refractivity contribution < 1.29 is 0 Å². The number of aryl methyl sites for hydroxylation is 2. The molecular formula is C12H21ClN4. The number of rotatable bonds is 5. The van der Waals surface area contributed by atoms with Crippen LogP contribution in [0.3, 0.4) is 0 Å². The molecule has 4 nitrogen and oxygen atoms in total. The molecule has 17 heavy (non-hydrogen) atoms. The third kappa shape index (κ3) is 4.48. The van der Waals surface area contributed by atoms with Crippen LogP contribution in [0.1, 0.15) is 24.7 Å². The maximum Gasteiger partial charge on any atom is 0.171 e. The van der Waals surface area contributed by atoms with Crippen molar-refractivity contribution >= 4 is 17.4 Å². The summed E-state index contributed by atoms with van der Waals surface area (Å²) >= 11 is 6.06. The minimum atomic E-state index is 0.325. The van der Waals surface area contributed by atoms with Gasteiger partial charge in [-0.1, -0.05) is 11.6 Å². The van der Waals surface area contributed by atoms with Crippen molar-refractivity contribution in [2.24, 2.45) is 0 Å². The summed E-state index contributed by atoms with van der Waals surface area (Å²) in [6.45, 7) is 7.00. The summed E-state index contributed by atoms with van der Waals surface area (Å²) in [6.07, 6.45) is 1.04. The van der Waals surface area contributed by atoms with Gasteiger partial charge in [0, 0.05) is 6.04 Å². The average molecular weight is 257 g/mol. The summed E-state index contributed by atoms with van der Waals surface area (Å²) in [6, 6.07) is 0.325. The number of nitrogens with one attached hydrogen (secondary N) is 1. The smallest absolute Gasteiger partial charge is 0.171 e. The van der Waals surface area contributed by atoms with Gasteiger partial charge in [-0.15, -0.1) is 0 Å². The first-order valence-corrected chi connectivity index (χ1v) is 6.20. The number of aromatic nitrogens is 2. The highest BCUT2D eigenvalue weighted by molar-refractivity contribution is 6.31. The van der Waals surface area contributed by atoms with Gasteiger partial charge in [0.15, 0.2) is 11.0 Å². The van der Waals surface area contributed by atoms with Crippen molar-refractivity contribution in [3.05, 3.63) is 16.5 Å². The zero-order chi connectivity index (χ0) is 13.0. The van der Waals surface area contributed by atoms with Crippen LogP contribution in [0.4, 0.5) is 5.82 Å². The number of anilines is 1. The van der Waals surface area contributed by atoms with E-state index in [0.717, 1.165) is 24.4 Å². The molecule has 0 aliphatic carbocycles. The Bertz CT molecular complexity index is 379. The third-order valence-corrected chi connectivity index (χ3v) is 2.92. The van der Waals surface area contributed by atoms with Gasteiger partial charge < -0.3 is 10.2 Å². The van der Waals surface area contributed by atoms with Crippen molar-refractivity contribution in [2.75, 3.05) is 26.0 Å². The highest BCUT2D eigenvalue weighted by Crippen LogP contribution is 2.19. The van der Waals surface area contributed by atoms with Crippen molar-refractivity contribution in [1.82, 2.24) is 14.9 Å². The predicted molar refractivity (Wildman–Crippen MR) is 72.8 cm³/mol. The largest absolute Gasteiger partial charge is 0.365 e. The standard InChI is InChI=1S/C12H21ClN4/c1-8(6-7-17(4)5)14-12-11(13)15-9(2)10(3)16-12/h8H,6-7H2,1-5H3,(H,14,16). The third-order valence-electron chi connectivity index (χ3n) is 2.66. The monoisotopic (exact) mass is 256 g/mol. The van der Waals surface area contributed by atoms with Gasteiger partial charge in [-0.25, -0.2) is 9.97 Å². The van der Waals surface area contributed by atoms with Gasteiger partial charge >= 0.3 is 0 Å². The second kappa shape index (κ2) is 6.17. The molecule has 1 aromatic rings. The van der Waals surface area contributed by atoms with Gasteiger partial charge in [0.25, 0.3) is 0 Å². The summed E-state index contributed by atoms with van der Waals surface area (Å²) in [5.41, 5.74) is 1.79. The quantitative estimate of drug-likeness (QED) is 0.879. The maximum atomic E-state index is 6.06. The Labute approximate surface area is 108 Å². The van der Waals surface area contributed by atoms with Gasteiger partial charge in [-0.05, 0) is 47.8 Å². The molecule has 0 fully saturated rings. The number of hydrogen-bond acceptors (Lipinski definition) is 4. The van der Waals surface area contributed by atoms with E-state index in [1.54, 1.807) is 0 Å². The first kappa shape index (κ1) is 14.2. The highest BCUT2D eigenvalue weighted by atomic mass is 35.5. The van der Waals surface area contributed by atoms with E-state index >= 15 is 0 Å². The van der Waals surface area contributed by atoms with Gasteiger partial charge in [-0.3, -0.25) is 0 Å². The maximum absolute atomic E-state index is 6.06. The molecule has 0 saturated heterocycles. The minimum absolute atomic E-state index is 0.325.